The van der Waals surface area contributed by atoms with Crippen molar-refractivity contribution in [2.75, 3.05) is 7.11 Å². The Hall–Kier alpha value is -2.71. The van der Waals surface area contributed by atoms with Crippen LogP contribution in [-0.2, 0) is 25.1 Å². The van der Waals surface area contributed by atoms with Crippen molar-refractivity contribution in [3.8, 4) is 0 Å². The SMILES string of the molecule is COC(=O)c1cc(CO[Si](c2ccccc2)(c2ccccc2)C(C)(C)C)cc(B2OC(C)(C)C(C)(C)O2)c1. The molecule has 0 amide bonds. The Morgan fingerprint density at radius 2 is 1.34 bits per heavy atom. The molecule has 1 saturated heterocycles. The van der Waals surface area contributed by atoms with Gasteiger partial charge in [0.15, 0.2) is 0 Å². The summed E-state index contributed by atoms with van der Waals surface area (Å²) in [5.74, 6) is -0.407. The fraction of sp³-hybridized carbons (Fsp3) is 0.387. The normalized spacial score (nSPS) is 16.9. The van der Waals surface area contributed by atoms with Crippen molar-refractivity contribution in [1.82, 2.24) is 0 Å². The number of hydrogen-bond acceptors (Lipinski definition) is 5. The Balaban J connectivity index is 1.78. The summed E-state index contributed by atoms with van der Waals surface area (Å²) in [4.78, 5) is 12.7. The van der Waals surface area contributed by atoms with Gasteiger partial charge < -0.3 is 18.5 Å². The molecule has 0 bridgehead atoms. The maximum Gasteiger partial charge on any atom is 0.494 e. The molecule has 1 aliphatic heterocycles. The van der Waals surface area contributed by atoms with Crippen molar-refractivity contribution >= 4 is 37.2 Å². The molecule has 0 N–H and O–H groups in total. The van der Waals surface area contributed by atoms with Gasteiger partial charge in [-0.15, -0.1) is 0 Å². The summed E-state index contributed by atoms with van der Waals surface area (Å²) < 4.78 is 24.8. The lowest BCUT2D eigenvalue weighted by Crippen LogP contribution is -2.66. The van der Waals surface area contributed by atoms with E-state index in [4.69, 9.17) is 18.5 Å². The lowest BCUT2D eigenvalue weighted by Gasteiger charge is -2.43. The quantitative estimate of drug-likeness (QED) is 0.323. The van der Waals surface area contributed by atoms with Gasteiger partial charge in [-0.2, -0.15) is 0 Å². The van der Waals surface area contributed by atoms with Crippen molar-refractivity contribution in [1.29, 1.82) is 0 Å². The summed E-state index contributed by atoms with van der Waals surface area (Å²) in [6, 6.07) is 26.7. The molecule has 4 rings (SSSR count). The summed E-state index contributed by atoms with van der Waals surface area (Å²) >= 11 is 0. The van der Waals surface area contributed by atoms with Gasteiger partial charge >= 0.3 is 13.1 Å². The molecule has 3 aromatic rings. The smallest absolute Gasteiger partial charge is 0.465 e. The largest absolute Gasteiger partial charge is 0.494 e. The third kappa shape index (κ3) is 5.25. The molecule has 0 unspecified atom stereocenters. The van der Waals surface area contributed by atoms with Gasteiger partial charge in [-0.3, -0.25) is 0 Å². The van der Waals surface area contributed by atoms with Crippen molar-refractivity contribution in [2.24, 2.45) is 0 Å². The van der Waals surface area contributed by atoms with Gasteiger partial charge in [-0.1, -0.05) is 87.5 Å². The van der Waals surface area contributed by atoms with Crippen LogP contribution < -0.4 is 15.8 Å². The molecule has 1 heterocycles. The second-order valence-corrected chi connectivity index (χ2v) is 16.3. The Morgan fingerprint density at radius 1 is 0.842 bits per heavy atom. The topological polar surface area (TPSA) is 54.0 Å². The van der Waals surface area contributed by atoms with Gasteiger partial charge in [0, 0.05) is 0 Å². The van der Waals surface area contributed by atoms with E-state index < -0.39 is 32.6 Å². The van der Waals surface area contributed by atoms with Crippen LogP contribution in [0.3, 0.4) is 0 Å². The summed E-state index contributed by atoms with van der Waals surface area (Å²) in [6.07, 6.45) is 0. The summed E-state index contributed by atoms with van der Waals surface area (Å²) in [7, 11) is -1.97. The third-order valence-electron chi connectivity index (χ3n) is 7.83. The van der Waals surface area contributed by atoms with Gasteiger partial charge in [-0.25, -0.2) is 4.79 Å². The Kier molecular flexibility index (Phi) is 7.79. The van der Waals surface area contributed by atoms with Crippen molar-refractivity contribution < 1.29 is 23.3 Å². The van der Waals surface area contributed by atoms with E-state index in [2.05, 4.69) is 69.3 Å². The van der Waals surface area contributed by atoms with E-state index in [1.807, 2.05) is 52.0 Å². The maximum atomic E-state index is 12.7. The fourth-order valence-electron chi connectivity index (χ4n) is 5.11. The van der Waals surface area contributed by atoms with E-state index in [1.165, 1.54) is 17.5 Å². The number of rotatable bonds is 7. The van der Waals surface area contributed by atoms with Crippen LogP contribution in [0.1, 0.15) is 64.4 Å². The number of carbonyl (C=O) groups is 1. The molecule has 38 heavy (non-hydrogen) atoms. The van der Waals surface area contributed by atoms with E-state index >= 15 is 0 Å². The Bertz CT molecular complexity index is 1210. The molecule has 1 fully saturated rings. The second-order valence-electron chi connectivity index (χ2n) is 12.0. The molecule has 5 nitrogen and oxygen atoms in total. The first-order valence-corrected chi connectivity index (χ1v) is 15.0. The second kappa shape index (κ2) is 10.5. The Labute approximate surface area is 228 Å². The van der Waals surface area contributed by atoms with Gasteiger partial charge in [0.05, 0.1) is 30.5 Å². The van der Waals surface area contributed by atoms with E-state index in [0.717, 1.165) is 11.0 Å². The van der Waals surface area contributed by atoms with Gasteiger partial charge in [0.25, 0.3) is 8.32 Å². The average molecular weight is 531 g/mol. The highest BCUT2D eigenvalue weighted by Crippen LogP contribution is 2.38. The molecule has 0 atom stereocenters. The van der Waals surface area contributed by atoms with Crippen LogP contribution >= 0.6 is 0 Å². The molecule has 200 valence electrons. The summed E-state index contributed by atoms with van der Waals surface area (Å²) in [6.45, 7) is 15.1. The van der Waals surface area contributed by atoms with Gasteiger partial charge in [0.1, 0.15) is 0 Å². The highest BCUT2D eigenvalue weighted by molar-refractivity contribution is 6.99. The first-order chi connectivity index (χ1) is 17.8. The predicted octanol–water partition coefficient (Wildman–Crippen LogP) is 4.85. The molecular formula is C31H39BO5Si. The first kappa shape index (κ1) is 28.3. The average Bonchev–Trinajstić information content (AvgIpc) is 3.10. The van der Waals surface area contributed by atoms with Crippen LogP contribution in [0.2, 0.25) is 5.04 Å². The molecule has 0 saturated carbocycles. The van der Waals surface area contributed by atoms with E-state index in [9.17, 15) is 4.79 Å². The number of hydrogen-bond donors (Lipinski definition) is 0. The van der Waals surface area contributed by atoms with Crippen LogP contribution in [0.4, 0.5) is 0 Å². The van der Waals surface area contributed by atoms with Crippen LogP contribution in [-0.4, -0.2) is 39.7 Å². The van der Waals surface area contributed by atoms with Gasteiger partial charge in [0.2, 0.25) is 0 Å². The minimum absolute atomic E-state index is 0.162. The van der Waals surface area contributed by atoms with Crippen molar-refractivity contribution in [2.45, 2.75) is 71.3 Å². The zero-order chi connectivity index (χ0) is 27.8. The van der Waals surface area contributed by atoms with Crippen molar-refractivity contribution in [3.05, 3.63) is 90.0 Å². The third-order valence-corrected chi connectivity index (χ3v) is 12.8. The molecule has 0 spiro atoms. The molecule has 0 aromatic heterocycles. The van der Waals surface area contributed by atoms with E-state index in [0.29, 0.717) is 12.2 Å². The molecule has 1 aliphatic rings. The fourth-order valence-corrected chi connectivity index (χ4v) is 9.64. The minimum Gasteiger partial charge on any atom is -0.465 e. The summed E-state index contributed by atoms with van der Waals surface area (Å²) in [5.41, 5.74) is 1.09. The minimum atomic E-state index is -2.76. The number of esters is 1. The van der Waals surface area contributed by atoms with E-state index in [-0.39, 0.29) is 5.04 Å². The molecule has 0 radical (unpaired) electrons. The number of methoxy groups -OCH3 is 1. The highest BCUT2D eigenvalue weighted by atomic mass is 28.4. The van der Waals surface area contributed by atoms with Crippen LogP contribution in [0.25, 0.3) is 0 Å². The first-order valence-electron chi connectivity index (χ1n) is 13.1. The number of ether oxygens (including phenoxy) is 1. The monoisotopic (exact) mass is 530 g/mol. The van der Waals surface area contributed by atoms with E-state index in [1.54, 1.807) is 6.07 Å². The van der Waals surface area contributed by atoms with Crippen molar-refractivity contribution in [3.63, 3.8) is 0 Å². The highest BCUT2D eigenvalue weighted by Gasteiger charge is 2.52. The lowest BCUT2D eigenvalue weighted by molar-refractivity contribution is 0.00578. The maximum absolute atomic E-state index is 12.7. The number of benzene rings is 3. The van der Waals surface area contributed by atoms with Gasteiger partial charge in [-0.05, 0) is 66.3 Å². The van der Waals surface area contributed by atoms with Crippen LogP contribution in [0, 0.1) is 0 Å². The molecule has 0 aliphatic carbocycles. The Morgan fingerprint density at radius 3 is 1.79 bits per heavy atom. The van der Waals surface area contributed by atoms with Crippen LogP contribution in [0.15, 0.2) is 78.9 Å². The molecule has 7 heteroatoms. The zero-order valence-corrected chi connectivity index (χ0v) is 24.8. The molecule has 3 aromatic carbocycles. The zero-order valence-electron chi connectivity index (χ0n) is 23.8. The summed E-state index contributed by atoms with van der Waals surface area (Å²) in [5, 5.41) is 2.24. The van der Waals surface area contributed by atoms with Crippen LogP contribution in [0.5, 0.6) is 0 Å². The standard InChI is InChI=1S/C31H39BO5Si/c1-29(2,3)38(26-15-11-9-12-16-26,27-17-13-10-14-18-27)35-22-23-19-24(28(33)34-8)21-25(20-23)32-36-30(4,5)31(6,7)37-32/h9-21H,22H2,1-8H3. The lowest BCUT2D eigenvalue weighted by atomic mass is 9.77. The molecular weight excluding hydrogens is 491 g/mol. The predicted molar refractivity (Wildman–Crippen MR) is 156 cm³/mol. The number of carbonyl (C=O) groups excluding carboxylic acids is 1.